The number of likely N-dealkylation sites (N-methyl/N-ethyl adjacent to an activating group) is 1. The van der Waals surface area contributed by atoms with Crippen molar-refractivity contribution in [2.75, 3.05) is 31.6 Å². The number of benzene rings is 1. The molecule has 7 nitrogen and oxygen atoms in total. The molecular weight excluding hydrogens is 401 g/mol. The van der Waals surface area contributed by atoms with Crippen molar-refractivity contribution in [2.45, 2.75) is 32.0 Å². The fourth-order valence-electron chi connectivity index (χ4n) is 3.14. The highest BCUT2D eigenvalue weighted by molar-refractivity contribution is 5.85. The van der Waals surface area contributed by atoms with Crippen LogP contribution in [0.4, 0.5) is 24.5 Å². The molecule has 1 amide bonds. The first-order valence-corrected chi connectivity index (χ1v) is 8.63. The predicted octanol–water partition coefficient (Wildman–Crippen LogP) is 3.06. The van der Waals surface area contributed by atoms with Gasteiger partial charge in [-0.1, -0.05) is 0 Å². The van der Waals surface area contributed by atoms with E-state index in [0.717, 1.165) is 12.1 Å². The van der Waals surface area contributed by atoms with Crippen LogP contribution in [0.2, 0.25) is 0 Å². The van der Waals surface area contributed by atoms with Crippen LogP contribution < -0.4 is 10.6 Å². The highest BCUT2D eigenvalue weighted by Gasteiger charge is 2.35. The van der Waals surface area contributed by atoms with Crippen LogP contribution >= 0.6 is 12.4 Å². The zero-order valence-electron chi connectivity index (χ0n) is 15.6. The lowest BCUT2D eigenvalue weighted by molar-refractivity contribution is -0.384. The average molecular weight is 425 g/mol. The Kier molecular flexibility index (Phi) is 8.06. The summed E-state index contributed by atoms with van der Waals surface area (Å²) < 4.78 is 38.5. The van der Waals surface area contributed by atoms with Crippen molar-refractivity contribution in [3.63, 3.8) is 0 Å². The van der Waals surface area contributed by atoms with Crippen LogP contribution in [0, 0.1) is 16.0 Å². The van der Waals surface area contributed by atoms with Gasteiger partial charge < -0.3 is 15.5 Å². The SMILES string of the molecule is CC(CN)N(C)C(=O)C1CCN(c2ccc(C(F)(F)F)cc2[N+](=O)[O-])CC1.Cl. The van der Waals surface area contributed by atoms with Crippen molar-refractivity contribution in [2.24, 2.45) is 11.7 Å². The summed E-state index contributed by atoms with van der Waals surface area (Å²) in [4.78, 5) is 26.2. The molecule has 1 aromatic carbocycles. The van der Waals surface area contributed by atoms with E-state index < -0.39 is 22.4 Å². The highest BCUT2D eigenvalue weighted by Crippen LogP contribution is 2.37. The summed E-state index contributed by atoms with van der Waals surface area (Å²) in [5.41, 5.74) is 4.09. The largest absolute Gasteiger partial charge is 0.416 e. The maximum atomic E-state index is 12.8. The van der Waals surface area contributed by atoms with E-state index in [0.29, 0.717) is 38.5 Å². The number of nitro groups is 1. The molecule has 1 saturated heterocycles. The smallest absolute Gasteiger partial charge is 0.366 e. The zero-order chi connectivity index (χ0) is 20.4. The molecule has 1 fully saturated rings. The summed E-state index contributed by atoms with van der Waals surface area (Å²) in [6.07, 6.45) is -3.70. The molecule has 1 aromatic rings. The second kappa shape index (κ2) is 9.42. The minimum atomic E-state index is -4.65. The minimum Gasteiger partial charge on any atom is -0.366 e. The molecule has 28 heavy (non-hydrogen) atoms. The number of carbonyl (C=O) groups excluding carboxylic acids is 1. The summed E-state index contributed by atoms with van der Waals surface area (Å²) in [5, 5.41) is 11.3. The molecule has 0 aromatic heterocycles. The standard InChI is InChI=1S/C17H23F3N4O3.ClH/c1-11(10-21)22(2)16(25)12-5-7-23(8-6-12)14-4-3-13(17(18,19)20)9-15(14)24(26)27;/h3-4,9,11-12H,5-8,10,21H2,1-2H3;1H. The van der Waals surface area contributed by atoms with Crippen molar-refractivity contribution < 1.29 is 22.9 Å². The normalized spacial score (nSPS) is 16.3. The number of carbonyl (C=O) groups is 1. The highest BCUT2D eigenvalue weighted by atomic mass is 35.5. The number of hydrogen-bond acceptors (Lipinski definition) is 5. The molecule has 0 radical (unpaired) electrons. The first-order chi connectivity index (χ1) is 12.6. The van der Waals surface area contributed by atoms with Crippen LogP contribution in [0.15, 0.2) is 18.2 Å². The third-order valence-electron chi connectivity index (χ3n) is 5.03. The van der Waals surface area contributed by atoms with Crippen molar-refractivity contribution in [1.82, 2.24) is 4.90 Å². The van der Waals surface area contributed by atoms with Crippen molar-refractivity contribution in [3.8, 4) is 0 Å². The van der Waals surface area contributed by atoms with E-state index in [1.54, 1.807) is 16.8 Å². The quantitative estimate of drug-likeness (QED) is 0.579. The number of nitrogens with zero attached hydrogens (tertiary/aromatic N) is 3. The molecule has 1 atom stereocenters. The molecule has 0 bridgehead atoms. The van der Waals surface area contributed by atoms with Crippen LogP contribution in [-0.4, -0.2) is 48.5 Å². The lowest BCUT2D eigenvalue weighted by atomic mass is 9.94. The van der Waals surface area contributed by atoms with Gasteiger partial charge >= 0.3 is 6.18 Å². The molecule has 158 valence electrons. The number of rotatable bonds is 5. The molecule has 0 spiro atoms. The van der Waals surface area contributed by atoms with Gasteiger partial charge in [-0.25, -0.2) is 0 Å². The van der Waals surface area contributed by atoms with E-state index in [-0.39, 0.29) is 36.0 Å². The van der Waals surface area contributed by atoms with Crippen molar-refractivity contribution >= 4 is 29.7 Å². The Labute approximate surface area is 167 Å². The van der Waals surface area contributed by atoms with Gasteiger partial charge in [-0.2, -0.15) is 13.2 Å². The van der Waals surface area contributed by atoms with E-state index >= 15 is 0 Å². The first-order valence-electron chi connectivity index (χ1n) is 8.63. The number of nitrogens with two attached hydrogens (primary N) is 1. The fourth-order valence-corrected chi connectivity index (χ4v) is 3.14. The summed E-state index contributed by atoms with van der Waals surface area (Å²) in [7, 11) is 1.69. The Hall–Kier alpha value is -2.07. The van der Waals surface area contributed by atoms with Gasteiger partial charge in [0.05, 0.1) is 10.5 Å². The average Bonchev–Trinajstić information content (AvgIpc) is 2.65. The van der Waals surface area contributed by atoms with Crippen LogP contribution in [0.25, 0.3) is 0 Å². The Morgan fingerprint density at radius 2 is 1.96 bits per heavy atom. The third-order valence-corrected chi connectivity index (χ3v) is 5.03. The predicted molar refractivity (Wildman–Crippen MR) is 102 cm³/mol. The summed E-state index contributed by atoms with van der Waals surface area (Å²) in [5.74, 6) is -0.261. The van der Waals surface area contributed by atoms with E-state index in [1.165, 1.54) is 0 Å². The Bertz CT molecular complexity index is 709. The molecule has 0 aliphatic carbocycles. The lowest BCUT2D eigenvalue weighted by Gasteiger charge is -2.35. The minimum absolute atomic E-state index is 0. The topological polar surface area (TPSA) is 92.7 Å². The van der Waals surface area contributed by atoms with Crippen LogP contribution in [0.3, 0.4) is 0 Å². The monoisotopic (exact) mass is 424 g/mol. The maximum absolute atomic E-state index is 12.8. The number of nitro benzene ring substituents is 1. The first kappa shape index (κ1) is 24.0. The Balaban J connectivity index is 0.00000392. The van der Waals surface area contributed by atoms with Crippen LogP contribution in [0.1, 0.15) is 25.3 Å². The second-order valence-electron chi connectivity index (χ2n) is 6.75. The van der Waals surface area contributed by atoms with Gasteiger partial charge in [0.25, 0.3) is 5.69 Å². The lowest BCUT2D eigenvalue weighted by Crippen LogP contribution is -2.46. The molecule has 11 heteroatoms. The molecule has 1 unspecified atom stereocenters. The molecule has 2 rings (SSSR count). The van der Waals surface area contributed by atoms with Gasteiger partial charge in [-0.15, -0.1) is 12.4 Å². The number of piperidine rings is 1. The number of hydrogen-bond donors (Lipinski definition) is 1. The molecule has 2 N–H and O–H groups in total. The van der Waals surface area contributed by atoms with Gasteiger partial charge in [-0.3, -0.25) is 14.9 Å². The summed E-state index contributed by atoms with van der Waals surface area (Å²) >= 11 is 0. The molecule has 1 aliphatic heterocycles. The van der Waals surface area contributed by atoms with Crippen molar-refractivity contribution in [1.29, 1.82) is 0 Å². The molecule has 0 saturated carbocycles. The zero-order valence-corrected chi connectivity index (χ0v) is 16.4. The summed E-state index contributed by atoms with van der Waals surface area (Å²) in [6, 6.07) is 2.44. The number of alkyl halides is 3. The van der Waals surface area contributed by atoms with E-state index in [2.05, 4.69) is 0 Å². The van der Waals surface area contributed by atoms with E-state index in [9.17, 15) is 28.1 Å². The van der Waals surface area contributed by atoms with Gasteiger partial charge in [0, 0.05) is 44.7 Å². The number of halogens is 4. The molecule has 1 aliphatic rings. The van der Waals surface area contributed by atoms with Gasteiger partial charge in [0.15, 0.2) is 0 Å². The van der Waals surface area contributed by atoms with E-state index in [4.69, 9.17) is 5.73 Å². The van der Waals surface area contributed by atoms with E-state index in [1.807, 2.05) is 6.92 Å². The summed E-state index contributed by atoms with van der Waals surface area (Å²) in [6.45, 7) is 2.90. The van der Waals surface area contributed by atoms with Gasteiger partial charge in [0.1, 0.15) is 5.69 Å². The number of anilines is 1. The molecular formula is C17H24ClF3N4O3. The fraction of sp³-hybridized carbons (Fsp3) is 0.588. The van der Waals surface area contributed by atoms with Gasteiger partial charge in [0.2, 0.25) is 5.91 Å². The third kappa shape index (κ3) is 5.26. The van der Waals surface area contributed by atoms with Crippen LogP contribution in [-0.2, 0) is 11.0 Å². The van der Waals surface area contributed by atoms with Crippen molar-refractivity contribution in [3.05, 3.63) is 33.9 Å². The maximum Gasteiger partial charge on any atom is 0.416 e. The van der Waals surface area contributed by atoms with Gasteiger partial charge in [-0.05, 0) is 31.9 Å². The second-order valence-corrected chi connectivity index (χ2v) is 6.75. The molecule has 1 heterocycles. The van der Waals surface area contributed by atoms with Crippen LogP contribution in [0.5, 0.6) is 0 Å². The Morgan fingerprint density at radius 3 is 2.43 bits per heavy atom. The Morgan fingerprint density at radius 1 is 1.39 bits per heavy atom. The number of amides is 1.